The molecular weight excluding hydrogens is 360 g/mol. The molecule has 0 aliphatic rings. The summed E-state index contributed by atoms with van der Waals surface area (Å²) in [5.41, 5.74) is 3.31. The lowest BCUT2D eigenvalue weighted by molar-refractivity contribution is 0.0949. The number of nitrogens with zero attached hydrogens (tertiary/aromatic N) is 2. The van der Waals surface area contributed by atoms with Crippen LogP contribution in [0, 0.1) is 11.3 Å². The summed E-state index contributed by atoms with van der Waals surface area (Å²) >= 11 is 5.87. The van der Waals surface area contributed by atoms with Crippen molar-refractivity contribution in [1.29, 1.82) is 5.26 Å². The first-order valence-corrected chi connectivity index (χ1v) is 8.78. The average molecular weight is 377 g/mol. The van der Waals surface area contributed by atoms with Crippen molar-refractivity contribution in [2.45, 2.75) is 6.42 Å². The number of pyridine rings is 1. The molecule has 1 heterocycles. The number of hydrogen-bond donors (Lipinski definition) is 2. The fourth-order valence-corrected chi connectivity index (χ4v) is 2.67. The van der Waals surface area contributed by atoms with Gasteiger partial charge in [0.1, 0.15) is 11.8 Å². The van der Waals surface area contributed by atoms with Crippen molar-refractivity contribution in [2.75, 3.05) is 11.9 Å². The van der Waals surface area contributed by atoms with Gasteiger partial charge < -0.3 is 10.6 Å². The van der Waals surface area contributed by atoms with Crippen molar-refractivity contribution in [3.63, 3.8) is 0 Å². The zero-order valence-electron chi connectivity index (χ0n) is 14.4. The number of aromatic nitrogens is 1. The Morgan fingerprint density at radius 1 is 1.11 bits per heavy atom. The first-order valence-electron chi connectivity index (χ1n) is 8.40. The van der Waals surface area contributed by atoms with Crippen LogP contribution in [0.3, 0.4) is 0 Å². The first-order chi connectivity index (χ1) is 13.2. The molecule has 3 rings (SSSR count). The molecule has 0 saturated carbocycles. The van der Waals surface area contributed by atoms with Crippen LogP contribution in [-0.2, 0) is 6.42 Å². The molecule has 3 aromatic rings. The standard InChI is InChI=1S/C21H17ClN4O/c22-17-7-5-15(6-8-17)9-11-25-21(27)20-13-18(10-12-24-20)26-19-4-2-1-3-16(19)14-23/h1-8,10,12-13H,9,11H2,(H,24,26)(H,25,27). The highest BCUT2D eigenvalue weighted by atomic mass is 35.5. The van der Waals surface area contributed by atoms with E-state index in [2.05, 4.69) is 21.7 Å². The Morgan fingerprint density at radius 3 is 2.67 bits per heavy atom. The summed E-state index contributed by atoms with van der Waals surface area (Å²) in [6, 6.07) is 20.3. The van der Waals surface area contributed by atoms with Gasteiger partial charge in [0, 0.05) is 23.5 Å². The van der Waals surface area contributed by atoms with Crippen molar-refractivity contribution in [3.05, 3.63) is 88.7 Å². The van der Waals surface area contributed by atoms with Crippen LogP contribution in [0.2, 0.25) is 5.02 Å². The second kappa shape index (κ2) is 8.84. The molecule has 0 unspecified atom stereocenters. The predicted octanol–water partition coefficient (Wildman–Crippen LogP) is 4.32. The maximum absolute atomic E-state index is 12.3. The van der Waals surface area contributed by atoms with Crippen molar-refractivity contribution in [2.24, 2.45) is 0 Å². The molecule has 1 amide bonds. The van der Waals surface area contributed by atoms with E-state index < -0.39 is 0 Å². The van der Waals surface area contributed by atoms with E-state index in [9.17, 15) is 10.1 Å². The molecule has 0 fully saturated rings. The van der Waals surface area contributed by atoms with Crippen molar-refractivity contribution in [1.82, 2.24) is 10.3 Å². The molecule has 5 nitrogen and oxygen atoms in total. The van der Waals surface area contributed by atoms with Crippen LogP contribution in [-0.4, -0.2) is 17.4 Å². The summed E-state index contributed by atoms with van der Waals surface area (Å²) in [4.78, 5) is 16.5. The van der Waals surface area contributed by atoms with Gasteiger partial charge in [-0.3, -0.25) is 9.78 Å². The lowest BCUT2D eigenvalue weighted by Crippen LogP contribution is -2.26. The molecule has 0 atom stereocenters. The molecule has 2 N–H and O–H groups in total. The molecule has 6 heteroatoms. The van der Waals surface area contributed by atoms with E-state index in [1.807, 2.05) is 36.4 Å². The Labute approximate surface area is 162 Å². The Kier molecular flexibility index (Phi) is 6.03. The Hall–Kier alpha value is -3.36. The number of halogens is 1. The number of para-hydroxylation sites is 1. The van der Waals surface area contributed by atoms with Gasteiger partial charge in [-0.2, -0.15) is 5.26 Å². The minimum Gasteiger partial charge on any atom is -0.354 e. The quantitative estimate of drug-likeness (QED) is 0.671. The third kappa shape index (κ3) is 5.06. The number of amides is 1. The minimum atomic E-state index is -0.249. The molecule has 0 radical (unpaired) electrons. The molecule has 0 spiro atoms. The second-order valence-corrected chi connectivity index (χ2v) is 6.28. The van der Waals surface area contributed by atoms with Crippen LogP contribution >= 0.6 is 11.6 Å². The first kappa shape index (κ1) is 18.4. The molecule has 27 heavy (non-hydrogen) atoms. The summed E-state index contributed by atoms with van der Waals surface area (Å²) < 4.78 is 0. The summed E-state index contributed by atoms with van der Waals surface area (Å²) in [5.74, 6) is -0.249. The molecular formula is C21H17ClN4O. The van der Waals surface area contributed by atoms with Crippen LogP contribution in [0.1, 0.15) is 21.6 Å². The molecule has 0 aliphatic carbocycles. The average Bonchev–Trinajstić information content (AvgIpc) is 2.70. The highest BCUT2D eigenvalue weighted by molar-refractivity contribution is 6.30. The van der Waals surface area contributed by atoms with E-state index in [0.29, 0.717) is 40.6 Å². The highest BCUT2D eigenvalue weighted by Gasteiger charge is 2.09. The maximum Gasteiger partial charge on any atom is 0.269 e. The van der Waals surface area contributed by atoms with E-state index in [1.54, 1.807) is 30.5 Å². The van der Waals surface area contributed by atoms with Gasteiger partial charge >= 0.3 is 0 Å². The molecule has 0 bridgehead atoms. The number of nitriles is 1. The van der Waals surface area contributed by atoms with E-state index >= 15 is 0 Å². The number of rotatable bonds is 6. The van der Waals surface area contributed by atoms with Gasteiger partial charge in [0.15, 0.2) is 0 Å². The highest BCUT2D eigenvalue weighted by Crippen LogP contribution is 2.20. The summed E-state index contributed by atoms with van der Waals surface area (Å²) in [7, 11) is 0. The van der Waals surface area contributed by atoms with Gasteiger partial charge in [-0.25, -0.2) is 0 Å². The van der Waals surface area contributed by atoms with E-state index in [0.717, 1.165) is 5.56 Å². The fraction of sp³-hybridized carbons (Fsp3) is 0.0952. The Bertz CT molecular complexity index is 980. The van der Waals surface area contributed by atoms with Gasteiger partial charge in [-0.05, 0) is 48.4 Å². The SMILES string of the molecule is N#Cc1ccccc1Nc1ccnc(C(=O)NCCc2ccc(Cl)cc2)c1. The van der Waals surface area contributed by atoms with Crippen LogP contribution in [0.15, 0.2) is 66.9 Å². The normalized spacial score (nSPS) is 10.1. The Morgan fingerprint density at radius 2 is 1.89 bits per heavy atom. The number of nitrogens with one attached hydrogen (secondary N) is 2. The number of benzene rings is 2. The molecule has 2 aromatic carbocycles. The minimum absolute atomic E-state index is 0.249. The zero-order valence-corrected chi connectivity index (χ0v) is 15.2. The van der Waals surface area contributed by atoms with Gasteiger partial charge in [0.2, 0.25) is 0 Å². The maximum atomic E-state index is 12.3. The summed E-state index contributed by atoms with van der Waals surface area (Å²) in [5, 5.41) is 15.9. The summed E-state index contributed by atoms with van der Waals surface area (Å²) in [6.45, 7) is 0.497. The van der Waals surface area contributed by atoms with E-state index in [-0.39, 0.29) is 5.91 Å². The predicted molar refractivity (Wildman–Crippen MR) is 106 cm³/mol. The van der Waals surface area contributed by atoms with Crippen molar-refractivity contribution in [3.8, 4) is 6.07 Å². The lowest BCUT2D eigenvalue weighted by atomic mass is 10.1. The van der Waals surface area contributed by atoms with Gasteiger partial charge in [0.25, 0.3) is 5.91 Å². The van der Waals surface area contributed by atoms with E-state index in [1.165, 1.54) is 0 Å². The fourth-order valence-electron chi connectivity index (χ4n) is 2.54. The topological polar surface area (TPSA) is 77.8 Å². The Balaban J connectivity index is 1.61. The van der Waals surface area contributed by atoms with Crippen LogP contribution in [0.5, 0.6) is 0 Å². The molecule has 1 aromatic heterocycles. The third-order valence-electron chi connectivity index (χ3n) is 3.93. The van der Waals surface area contributed by atoms with Gasteiger partial charge in [0.05, 0.1) is 11.3 Å². The van der Waals surface area contributed by atoms with Crippen LogP contribution in [0.25, 0.3) is 0 Å². The van der Waals surface area contributed by atoms with Crippen LogP contribution in [0.4, 0.5) is 11.4 Å². The zero-order chi connectivity index (χ0) is 19.1. The molecule has 134 valence electrons. The number of anilines is 2. The molecule has 0 saturated heterocycles. The second-order valence-electron chi connectivity index (χ2n) is 5.84. The van der Waals surface area contributed by atoms with Crippen molar-refractivity contribution < 1.29 is 4.79 Å². The third-order valence-corrected chi connectivity index (χ3v) is 4.18. The lowest BCUT2D eigenvalue weighted by Gasteiger charge is -2.10. The summed E-state index contributed by atoms with van der Waals surface area (Å²) in [6.07, 6.45) is 2.27. The van der Waals surface area contributed by atoms with Crippen LogP contribution < -0.4 is 10.6 Å². The van der Waals surface area contributed by atoms with Gasteiger partial charge in [-0.1, -0.05) is 35.9 Å². The number of carbonyl (C=O) groups is 1. The number of carbonyl (C=O) groups excluding carboxylic acids is 1. The smallest absolute Gasteiger partial charge is 0.269 e. The van der Waals surface area contributed by atoms with E-state index in [4.69, 9.17) is 11.6 Å². The molecule has 0 aliphatic heterocycles. The monoisotopic (exact) mass is 376 g/mol. The largest absolute Gasteiger partial charge is 0.354 e. The number of hydrogen-bond acceptors (Lipinski definition) is 4. The van der Waals surface area contributed by atoms with Gasteiger partial charge in [-0.15, -0.1) is 0 Å². The van der Waals surface area contributed by atoms with Crippen molar-refractivity contribution >= 4 is 28.9 Å².